The molecule has 3 heterocycles. The lowest BCUT2D eigenvalue weighted by Gasteiger charge is -2.25. The summed E-state index contributed by atoms with van der Waals surface area (Å²) >= 11 is 0. The van der Waals surface area contributed by atoms with Crippen molar-refractivity contribution in [3.05, 3.63) is 23.9 Å². The summed E-state index contributed by atoms with van der Waals surface area (Å²) in [4.78, 5) is 27.6. The fourth-order valence-corrected chi connectivity index (χ4v) is 3.73. The molecule has 12 heteroatoms. The number of nitrogens with two attached hydrogens (primary N) is 1. The number of carbonyl (C=O) groups excluding carboxylic acids is 1. The molecule has 0 bridgehead atoms. The van der Waals surface area contributed by atoms with Crippen LogP contribution < -0.4 is 20.9 Å². The highest BCUT2D eigenvalue weighted by molar-refractivity contribution is 5.87. The Labute approximate surface area is 189 Å². The number of urea groups is 1. The van der Waals surface area contributed by atoms with Gasteiger partial charge in [0, 0.05) is 37.5 Å². The van der Waals surface area contributed by atoms with E-state index < -0.39 is 23.9 Å². The van der Waals surface area contributed by atoms with Crippen molar-refractivity contribution in [1.82, 2.24) is 15.0 Å². The summed E-state index contributed by atoms with van der Waals surface area (Å²) in [5.74, 6) is 0.312. The smallest absolute Gasteiger partial charge is 0.353 e. The van der Waals surface area contributed by atoms with Gasteiger partial charge in [0.25, 0.3) is 0 Å². The zero-order chi connectivity index (χ0) is 24.2. The largest absolute Gasteiger partial charge is 0.417 e. The van der Waals surface area contributed by atoms with Gasteiger partial charge in [-0.1, -0.05) is 13.8 Å². The molecule has 1 atom stereocenters. The number of amides is 2. The van der Waals surface area contributed by atoms with Crippen LogP contribution in [0.15, 0.2) is 18.3 Å². The van der Waals surface area contributed by atoms with E-state index in [4.69, 9.17) is 5.73 Å². The van der Waals surface area contributed by atoms with E-state index in [1.807, 2.05) is 18.7 Å². The van der Waals surface area contributed by atoms with Crippen LogP contribution in [0.25, 0.3) is 11.3 Å². The number of nitrogens with one attached hydrogen (secondary N) is 1. The molecule has 1 fully saturated rings. The van der Waals surface area contributed by atoms with E-state index in [9.17, 15) is 22.4 Å². The Morgan fingerprint density at radius 1 is 1.24 bits per heavy atom. The quantitative estimate of drug-likeness (QED) is 0.562. The highest BCUT2D eigenvalue weighted by Gasteiger charge is 2.35. The van der Waals surface area contributed by atoms with Gasteiger partial charge in [-0.2, -0.15) is 18.2 Å². The molecule has 2 aromatic rings. The Morgan fingerprint density at radius 2 is 1.94 bits per heavy atom. The lowest BCUT2D eigenvalue weighted by Crippen LogP contribution is -2.29. The molecule has 1 aliphatic heterocycles. The van der Waals surface area contributed by atoms with Crippen molar-refractivity contribution in [1.29, 1.82) is 0 Å². The summed E-state index contributed by atoms with van der Waals surface area (Å²) in [6.45, 7) is 5.73. The van der Waals surface area contributed by atoms with Crippen LogP contribution in [-0.2, 0) is 6.18 Å². The van der Waals surface area contributed by atoms with Gasteiger partial charge in [0.1, 0.15) is 17.8 Å². The molecule has 8 nitrogen and oxygen atoms in total. The molecule has 33 heavy (non-hydrogen) atoms. The van der Waals surface area contributed by atoms with E-state index in [2.05, 4.69) is 20.3 Å². The van der Waals surface area contributed by atoms with Crippen LogP contribution in [-0.4, -0.2) is 53.3 Å². The van der Waals surface area contributed by atoms with Gasteiger partial charge < -0.3 is 15.5 Å². The van der Waals surface area contributed by atoms with Crippen molar-refractivity contribution >= 4 is 23.6 Å². The molecule has 0 aromatic carbocycles. The molecule has 1 saturated heterocycles. The zero-order valence-corrected chi connectivity index (χ0v) is 18.5. The van der Waals surface area contributed by atoms with Crippen LogP contribution in [0.2, 0.25) is 0 Å². The summed E-state index contributed by atoms with van der Waals surface area (Å²) in [7, 11) is 0. The van der Waals surface area contributed by atoms with E-state index >= 15 is 0 Å². The highest BCUT2D eigenvalue weighted by atomic mass is 19.4. The Hall–Kier alpha value is -3.18. The molecule has 180 valence electrons. The van der Waals surface area contributed by atoms with Crippen LogP contribution in [0.4, 0.5) is 39.9 Å². The zero-order valence-electron chi connectivity index (χ0n) is 18.5. The van der Waals surface area contributed by atoms with Gasteiger partial charge >= 0.3 is 12.2 Å². The number of pyridine rings is 1. The van der Waals surface area contributed by atoms with Crippen molar-refractivity contribution in [2.24, 2.45) is 5.73 Å². The van der Waals surface area contributed by atoms with Gasteiger partial charge in [-0.25, -0.2) is 19.2 Å². The number of rotatable bonds is 8. The molecular formula is C21H27F4N7O. The molecular weight excluding hydrogens is 442 g/mol. The van der Waals surface area contributed by atoms with Crippen LogP contribution >= 0.6 is 0 Å². The number of aromatic nitrogens is 3. The maximum absolute atomic E-state index is 13.9. The molecule has 0 spiro atoms. The number of alkyl halides is 4. The van der Waals surface area contributed by atoms with Gasteiger partial charge in [0.05, 0.1) is 17.8 Å². The standard InChI is InChI=1S/C21H27F4N7O/c1-3-6-31(7-4-2)20-28-16(10-18(30-20)32-8-5-13(22)12-32)14-11-27-17(29-19(26)33)9-15(14)21(23,24)25/h9-11,13H,3-8,12H2,1-2H3,(H3,26,27,29,33). The van der Waals surface area contributed by atoms with E-state index in [-0.39, 0.29) is 29.6 Å². The molecule has 0 radical (unpaired) electrons. The normalized spacial score (nSPS) is 16.2. The maximum Gasteiger partial charge on any atom is 0.417 e. The maximum atomic E-state index is 13.9. The Bertz CT molecular complexity index is 980. The summed E-state index contributed by atoms with van der Waals surface area (Å²) in [6.07, 6.45) is -2.87. The van der Waals surface area contributed by atoms with Crippen molar-refractivity contribution < 1.29 is 22.4 Å². The summed E-state index contributed by atoms with van der Waals surface area (Å²) in [5, 5.41) is 2.06. The average Bonchev–Trinajstić information content (AvgIpc) is 3.18. The van der Waals surface area contributed by atoms with Crippen molar-refractivity contribution in [2.75, 3.05) is 41.3 Å². The number of nitrogens with zero attached hydrogens (tertiary/aromatic N) is 5. The highest BCUT2D eigenvalue weighted by Crippen LogP contribution is 2.38. The minimum atomic E-state index is -4.75. The Balaban J connectivity index is 2.16. The summed E-state index contributed by atoms with van der Waals surface area (Å²) < 4.78 is 55.6. The molecule has 1 aliphatic rings. The number of primary amides is 1. The lowest BCUT2D eigenvalue weighted by atomic mass is 10.1. The second-order valence-electron chi connectivity index (χ2n) is 7.83. The van der Waals surface area contributed by atoms with Crippen molar-refractivity contribution in [3.63, 3.8) is 0 Å². The first-order chi connectivity index (χ1) is 15.6. The molecule has 2 amide bonds. The second kappa shape index (κ2) is 10.2. The number of anilines is 3. The van der Waals surface area contributed by atoms with Crippen molar-refractivity contribution in [3.8, 4) is 11.3 Å². The molecule has 3 rings (SSSR count). The van der Waals surface area contributed by atoms with E-state index in [0.717, 1.165) is 19.0 Å². The van der Waals surface area contributed by atoms with Gasteiger partial charge in [-0.15, -0.1) is 0 Å². The molecule has 2 aromatic heterocycles. The monoisotopic (exact) mass is 469 g/mol. The molecule has 1 unspecified atom stereocenters. The van der Waals surface area contributed by atoms with E-state index in [1.165, 1.54) is 6.07 Å². The first-order valence-electron chi connectivity index (χ1n) is 10.8. The molecule has 0 saturated carbocycles. The Kier molecular flexibility index (Phi) is 7.54. The molecule has 3 N–H and O–H groups in total. The number of carbonyl (C=O) groups is 1. The minimum Gasteiger partial charge on any atom is -0.353 e. The van der Waals surface area contributed by atoms with Crippen LogP contribution in [0.3, 0.4) is 0 Å². The molecule has 0 aliphatic carbocycles. The predicted octanol–water partition coefficient (Wildman–Crippen LogP) is 4.22. The fourth-order valence-electron chi connectivity index (χ4n) is 3.73. The number of hydrogen-bond donors (Lipinski definition) is 2. The Morgan fingerprint density at radius 3 is 2.48 bits per heavy atom. The van der Waals surface area contributed by atoms with Gasteiger partial charge in [-0.3, -0.25) is 5.32 Å². The first-order valence-corrected chi connectivity index (χ1v) is 10.8. The van der Waals surface area contributed by atoms with Gasteiger partial charge in [-0.05, 0) is 25.3 Å². The third kappa shape index (κ3) is 5.99. The SMILES string of the molecule is CCCN(CCC)c1nc(-c2cnc(NC(N)=O)cc2C(F)(F)F)cc(N2CCC(F)C2)n1. The van der Waals surface area contributed by atoms with Crippen LogP contribution in [0.5, 0.6) is 0 Å². The number of hydrogen-bond acceptors (Lipinski definition) is 6. The van der Waals surface area contributed by atoms with E-state index in [0.29, 0.717) is 37.9 Å². The average molecular weight is 469 g/mol. The topological polar surface area (TPSA) is 100 Å². The lowest BCUT2D eigenvalue weighted by molar-refractivity contribution is -0.137. The van der Waals surface area contributed by atoms with Gasteiger partial charge in [0.15, 0.2) is 0 Å². The summed E-state index contributed by atoms with van der Waals surface area (Å²) in [6, 6.07) is 1.11. The third-order valence-corrected chi connectivity index (χ3v) is 5.16. The van der Waals surface area contributed by atoms with Crippen LogP contribution in [0.1, 0.15) is 38.7 Å². The van der Waals surface area contributed by atoms with Crippen molar-refractivity contribution in [2.45, 2.75) is 45.5 Å². The predicted molar refractivity (Wildman–Crippen MR) is 118 cm³/mol. The minimum absolute atomic E-state index is 0.0139. The van der Waals surface area contributed by atoms with E-state index in [1.54, 1.807) is 4.90 Å². The third-order valence-electron chi connectivity index (χ3n) is 5.16. The van der Waals surface area contributed by atoms with Crippen LogP contribution in [0, 0.1) is 0 Å². The van der Waals surface area contributed by atoms with Gasteiger partial charge in [0.2, 0.25) is 5.95 Å². The number of halogens is 4. The fraction of sp³-hybridized carbons (Fsp3) is 0.524. The summed E-state index contributed by atoms with van der Waals surface area (Å²) in [5.41, 5.74) is 3.72. The second-order valence-corrected chi connectivity index (χ2v) is 7.83. The first kappa shape index (κ1) is 24.5.